The summed E-state index contributed by atoms with van der Waals surface area (Å²) < 4.78 is 44.2. The lowest BCUT2D eigenvalue weighted by molar-refractivity contribution is 0.0933. The quantitative estimate of drug-likeness (QED) is 0.434. The molecule has 35 heavy (non-hydrogen) atoms. The molecule has 198 valence electrons. The normalized spacial score (nSPS) is 20.3. The molecule has 0 bridgehead atoms. The molecule has 2 aliphatic rings. The second kappa shape index (κ2) is 12.4. The highest BCUT2D eigenvalue weighted by atomic mass is 32.2. The van der Waals surface area contributed by atoms with E-state index in [4.69, 9.17) is 14.2 Å². The van der Waals surface area contributed by atoms with Crippen molar-refractivity contribution < 1.29 is 27.4 Å². The Morgan fingerprint density at radius 2 is 2.00 bits per heavy atom. The van der Waals surface area contributed by atoms with Gasteiger partial charge in [-0.2, -0.15) is 4.31 Å². The molecule has 0 N–H and O–H groups in total. The second-order valence-corrected chi connectivity index (χ2v) is 12.4. The van der Waals surface area contributed by atoms with Gasteiger partial charge < -0.3 is 19.1 Å². The van der Waals surface area contributed by atoms with E-state index in [-0.39, 0.29) is 30.7 Å². The number of carbonyl (C=O) groups excluding carboxylic acids is 1. The zero-order chi connectivity index (χ0) is 25.5. The summed E-state index contributed by atoms with van der Waals surface area (Å²) in [7, 11) is -3.49. The van der Waals surface area contributed by atoms with Crippen LogP contribution in [0.5, 0.6) is 5.75 Å². The van der Waals surface area contributed by atoms with Gasteiger partial charge in [-0.3, -0.25) is 0 Å². The molecule has 1 amide bonds. The van der Waals surface area contributed by atoms with Crippen molar-refractivity contribution in [3.63, 3.8) is 0 Å². The summed E-state index contributed by atoms with van der Waals surface area (Å²) in [6.07, 6.45) is 5.77. The van der Waals surface area contributed by atoms with Gasteiger partial charge in [-0.1, -0.05) is 33.3 Å². The molecule has 1 aliphatic carbocycles. The monoisotopic (exact) mass is 510 g/mol. The highest BCUT2D eigenvalue weighted by molar-refractivity contribution is 7.88. The summed E-state index contributed by atoms with van der Waals surface area (Å²) in [5.41, 5.74) is 2.15. The van der Waals surface area contributed by atoms with Crippen molar-refractivity contribution in [3.8, 4) is 5.75 Å². The standard InChI is InChI=1S/C26H42N2O6S/c1-5-6-15-33-22-10-9-21-19-26(2,3)20-24(23(21)18-22)28(35(4,30)31)12-8-16-34-25(29)27-11-7-14-32-17-13-27/h9-10,18,24H,5-8,11-17,19-20H2,1-4H3. The van der Waals surface area contributed by atoms with E-state index in [9.17, 15) is 13.2 Å². The Hall–Kier alpha value is -1.84. The van der Waals surface area contributed by atoms with Crippen LogP contribution < -0.4 is 4.74 Å². The van der Waals surface area contributed by atoms with Crippen LogP contribution >= 0.6 is 0 Å². The summed E-state index contributed by atoms with van der Waals surface area (Å²) in [6.45, 7) is 9.89. The average molecular weight is 511 g/mol. The fourth-order valence-electron chi connectivity index (χ4n) is 4.90. The number of unbranched alkanes of at least 4 members (excludes halogenated alkanes) is 1. The fraction of sp³-hybridized carbons (Fsp3) is 0.731. The largest absolute Gasteiger partial charge is 0.494 e. The molecular formula is C26H42N2O6S. The Kier molecular flexibility index (Phi) is 9.84. The molecule has 3 rings (SSSR count). The molecule has 9 heteroatoms. The Labute approximate surface area is 211 Å². The number of fused-ring (bicyclic) bond motifs is 1. The number of hydrogen-bond acceptors (Lipinski definition) is 6. The zero-order valence-electron chi connectivity index (χ0n) is 21.8. The van der Waals surface area contributed by atoms with Gasteiger partial charge in [-0.25, -0.2) is 13.2 Å². The SMILES string of the molecule is CCCCOc1ccc2c(c1)C(N(CCCOC(=O)N1CCCOCC1)S(C)(=O)=O)CC(C)(C)C2. The number of hydrogen-bond donors (Lipinski definition) is 0. The maximum Gasteiger partial charge on any atom is 0.409 e. The van der Waals surface area contributed by atoms with E-state index in [0.29, 0.717) is 39.3 Å². The highest BCUT2D eigenvalue weighted by Crippen LogP contribution is 2.45. The summed E-state index contributed by atoms with van der Waals surface area (Å²) in [6, 6.07) is 5.81. The Morgan fingerprint density at radius 3 is 2.74 bits per heavy atom. The number of ether oxygens (including phenoxy) is 3. The predicted molar refractivity (Wildman–Crippen MR) is 136 cm³/mol. The van der Waals surface area contributed by atoms with Crippen molar-refractivity contribution in [3.05, 3.63) is 29.3 Å². The summed E-state index contributed by atoms with van der Waals surface area (Å²) >= 11 is 0. The van der Waals surface area contributed by atoms with Crippen LogP contribution in [-0.4, -0.2) is 76.0 Å². The van der Waals surface area contributed by atoms with Gasteiger partial charge in [-0.15, -0.1) is 0 Å². The molecule has 8 nitrogen and oxygen atoms in total. The third kappa shape index (κ3) is 8.08. The van der Waals surface area contributed by atoms with Crippen molar-refractivity contribution in [2.45, 2.75) is 65.3 Å². The number of rotatable bonds is 10. The number of benzene rings is 1. The van der Waals surface area contributed by atoms with Crippen LogP contribution in [0, 0.1) is 5.41 Å². The Balaban J connectivity index is 1.70. The van der Waals surface area contributed by atoms with Gasteiger partial charge in [0.15, 0.2) is 0 Å². The van der Waals surface area contributed by atoms with Crippen LogP contribution in [0.2, 0.25) is 0 Å². The molecule has 1 unspecified atom stereocenters. The molecule has 1 heterocycles. The first-order valence-corrected chi connectivity index (χ1v) is 14.7. The maximum absolute atomic E-state index is 12.9. The third-order valence-corrected chi connectivity index (χ3v) is 7.95. The van der Waals surface area contributed by atoms with Crippen molar-refractivity contribution >= 4 is 16.1 Å². The van der Waals surface area contributed by atoms with Crippen molar-refractivity contribution in [1.82, 2.24) is 9.21 Å². The smallest absolute Gasteiger partial charge is 0.409 e. The second-order valence-electron chi connectivity index (χ2n) is 10.4. The lowest BCUT2D eigenvalue weighted by Gasteiger charge is -2.41. The molecular weight excluding hydrogens is 468 g/mol. The zero-order valence-corrected chi connectivity index (χ0v) is 22.6. The van der Waals surface area contributed by atoms with E-state index in [0.717, 1.165) is 49.0 Å². The molecule has 0 spiro atoms. The summed E-state index contributed by atoms with van der Waals surface area (Å²) in [5.74, 6) is 0.783. The lowest BCUT2D eigenvalue weighted by Crippen LogP contribution is -2.41. The molecule has 1 aliphatic heterocycles. The van der Waals surface area contributed by atoms with Crippen molar-refractivity contribution in [1.29, 1.82) is 0 Å². The van der Waals surface area contributed by atoms with Crippen molar-refractivity contribution in [2.24, 2.45) is 5.41 Å². The first kappa shape index (κ1) is 27.7. The maximum atomic E-state index is 12.9. The molecule has 1 atom stereocenters. The van der Waals surface area contributed by atoms with Gasteiger partial charge in [-0.05, 0) is 60.8 Å². The van der Waals surface area contributed by atoms with E-state index in [1.165, 1.54) is 6.26 Å². The molecule has 1 aromatic rings. The average Bonchev–Trinajstić information content (AvgIpc) is 3.07. The molecule has 0 aromatic heterocycles. The van der Waals surface area contributed by atoms with Crippen molar-refractivity contribution in [2.75, 3.05) is 52.3 Å². The van der Waals surface area contributed by atoms with E-state index in [1.807, 2.05) is 12.1 Å². The van der Waals surface area contributed by atoms with Gasteiger partial charge in [0.1, 0.15) is 5.75 Å². The van der Waals surface area contributed by atoms with E-state index in [1.54, 1.807) is 9.21 Å². The first-order valence-electron chi connectivity index (χ1n) is 12.8. The molecule has 1 saturated heterocycles. The number of sulfonamides is 1. The third-order valence-electron chi connectivity index (χ3n) is 6.66. The van der Waals surface area contributed by atoms with Gasteiger partial charge in [0.2, 0.25) is 10.0 Å². The molecule has 1 fully saturated rings. The Bertz CT molecular complexity index is 941. The number of amides is 1. The van der Waals surface area contributed by atoms with Crippen LogP contribution in [0.15, 0.2) is 18.2 Å². The van der Waals surface area contributed by atoms with Crippen LogP contribution in [0.1, 0.15) is 70.0 Å². The minimum Gasteiger partial charge on any atom is -0.494 e. The Morgan fingerprint density at radius 1 is 1.20 bits per heavy atom. The van der Waals surface area contributed by atoms with Crippen LogP contribution in [0.4, 0.5) is 4.79 Å². The number of nitrogens with zero attached hydrogens (tertiary/aromatic N) is 2. The van der Waals surface area contributed by atoms with E-state index < -0.39 is 10.0 Å². The lowest BCUT2D eigenvalue weighted by atomic mass is 9.72. The van der Waals surface area contributed by atoms with Crippen LogP contribution in [0.3, 0.4) is 0 Å². The van der Waals surface area contributed by atoms with Gasteiger partial charge >= 0.3 is 6.09 Å². The van der Waals surface area contributed by atoms with E-state index >= 15 is 0 Å². The highest BCUT2D eigenvalue weighted by Gasteiger charge is 2.38. The van der Waals surface area contributed by atoms with Crippen LogP contribution in [0.25, 0.3) is 0 Å². The fourth-order valence-corrected chi connectivity index (χ4v) is 6.01. The van der Waals surface area contributed by atoms with E-state index in [2.05, 4.69) is 26.8 Å². The molecule has 1 aromatic carbocycles. The van der Waals surface area contributed by atoms with Gasteiger partial charge in [0.25, 0.3) is 0 Å². The predicted octanol–water partition coefficient (Wildman–Crippen LogP) is 4.39. The summed E-state index contributed by atoms with van der Waals surface area (Å²) in [5, 5.41) is 0. The minimum absolute atomic E-state index is 0.0352. The number of carbonyl (C=O) groups is 1. The topological polar surface area (TPSA) is 85.4 Å². The molecule has 0 saturated carbocycles. The minimum atomic E-state index is -3.49. The van der Waals surface area contributed by atoms with Crippen LogP contribution in [-0.2, 0) is 25.9 Å². The van der Waals surface area contributed by atoms with Gasteiger partial charge in [0.05, 0.1) is 32.1 Å². The summed E-state index contributed by atoms with van der Waals surface area (Å²) in [4.78, 5) is 14.0. The van der Waals surface area contributed by atoms with Gasteiger partial charge in [0, 0.05) is 26.2 Å². The molecule has 0 radical (unpaired) electrons. The first-order chi connectivity index (χ1) is 16.6.